The van der Waals surface area contributed by atoms with Crippen molar-refractivity contribution in [3.63, 3.8) is 0 Å². The van der Waals surface area contributed by atoms with E-state index in [0.717, 1.165) is 16.7 Å². The third-order valence-corrected chi connectivity index (χ3v) is 4.59. The van der Waals surface area contributed by atoms with Crippen LogP contribution in [0.2, 0.25) is 0 Å². The molecule has 140 valence electrons. The number of hydrogen-bond donors (Lipinski definition) is 1. The van der Waals surface area contributed by atoms with Gasteiger partial charge in [-0.1, -0.05) is 60.2 Å². The maximum absolute atomic E-state index is 12.8. The summed E-state index contributed by atoms with van der Waals surface area (Å²) in [6.45, 7) is 5.30. The Labute approximate surface area is 159 Å². The van der Waals surface area contributed by atoms with Crippen LogP contribution in [0, 0.1) is 6.92 Å². The highest BCUT2D eigenvalue weighted by atomic mass is 16.3. The van der Waals surface area contributed by atoms with Crippen LogP contribution in [-0.2, 0) is 6.54 Å². The second-order valence-electron chi connectivity index (χ2n) is 6.68. The molecule has 0 spiro atoms. The van der Waals surface area contributed by atoms with Crippen molar-refractivity contribution >= 4 is 5.91 Å². The molecule has 5 heteroatoms. The average molecular weight is 363 g/mol. The molecule has 0 radical (unpaired) electrons. The molecule has 0 aliphatic heterocycles. The zero-order valence-corrected chi connectivity index (χ0v) is 15.7. The van der Waals surface area contributed by atoms with Crippen molar-refractivity contribution in [3.8, 4) is 0 Å². The van der Waals surface area contributed by atoms with Gasteiger partial charge in [0.2, 0.25) is 0 Å². The van der Waals surface area contributed by atoms with Gasteiger partial charge in [0.25, 0.3) is 5.91 Å². The van der Waals surface area contributed by atoms with Gasteiger partial charge in [-0.05, 0) is 25.0 Å². The van der Waals surface area contributed by atoms with Gasteiger partial charge in [-0.15, -0.1) is 0 Å². The number of carbonyl (C=O) groups is 1. The Morgan fingerprint density at radius 1 is 1.15 bits per heavy atom. The summed E-state index contributed by atoms with van der Waals surface area (Å²) in [6, 6.07) is 17.7. The maximum atomic E-state index is 12.8. The van der Waals surface area contributed by atoms with E-state index in [1.165, 1.54) is 0 Å². The molecule has 1 unspecified atom stereocenters. The maximum Gasteiger partial charge on any atom is 0.257 e. The fourth-order valence-corrected chi connectivity index (χ4v) is 2.97. The molecule has 0 aliphatic rings. The van der Waals surface area contributed by atoms with Crippen LogP contribution in [-0.4, -0.2) is 38.8 Å². The smallest absolute Gasteiger partial charge is 0.257 e. The van der Waals surface area contributed by atoms with E-state index in [2.05, 4.69) is 5.10 Å². The number of aryl methyl sites for hydroxylation is 1. The molecule has 5 nitrogen and oxygen atoms in total. The van der Waals surface area contributed by atoms with Crippen LogP contribution in [0.4, 0.5) is 0 Å². The molecule has 1 heterocycles. The van der Waals surface area contributed by atoms with Gasteiger partial charge < -0.3 is 10.0 Å². The molecule has 1 atom stereocenters. The summed E-state index contributed by atoms with van der Waals surface area (Å²) in [7, 11) is 0. The first-order valence-electron chi connectivity index (χ1n) is 9.17. The SMILES string of the molecule is CCN(CC(O)c1ccc(C)cc1)C(=O)c1cnn(Cc2ccccc2)c1. The zero-order chi connectivity index (χ0) is 19.2. The van der Waals surface area contributed by atoms with Gasteiger partial charge in [-0.2, -0.15) is 5.10 Å². The largest absolute Gasteiger partial charge is 0.387 e. The molecule has 3 aromatic rings. The Kier molecular flexibility index (Phi) is 6.04. The molecule has 2 aromatic carbocycles. The third kappa shape index (κ3) is 4.83. The number of benzene rings is 2. The predicted molar refractivity (Wildman–Crippen MR) is 105 cm³/mol. The molecule has 27 heavy (non-hydrogen) atoms. The van der Waals surface area contributed by atoms with Gasteiger partial charge >= 0.3 is 0 Å². The minimum atomic E-state index is -0.714. The molecule has 0 aliphatic carbocycles. The van der Waals surface area contributed by atoms with Gasteiger partial charge in [0.05, 0.1) is 31.0 Å². The third-order valence-electron chi connectivity index (χ3n) is 4.59. The summed E-state index contributed by atoms with van der Waals surface area (Å²) in [5, 5.41) is 14.8. The Bertz CT molecular complexity index is 872. The van der Waals surface area contributed by atoms with Gasteiger partial charge in [0.15, 0.2) is 0 Å². The van der Waals surface area contributed by atoms with E-state index < -0.39 is 6.10 Å². The van der Waals surface area contributed by atoms with Crippen LogP contribution < -0.4 is 0 Å². The number of aromatic nitrogens is 2. The monoisotopic (exact) mass is 363 g/mol. The summed E-state index contributed by atoms with van der Waals surface area (Å²) >= 11 is 0. The Morgan fingerprint density at radius 3 is 2.52 bits per heavy atom. The summed E-state index contributed by atoms with van der Waals surface area (Å²) in [4.78, 5) is 14.5. The van der Waals surface area contributed by atoms with Crippen LogP contribution in [0.25, 0.3) is 0 Å². The fourth-order valence-electron chi connectivity index (χ4n) is 2.97. The van der Waals surface area contributed by atoms with Crippen LogP contribution in [0.5, 0.6) is 0 Å². The van der Waals surface area contributed by atoms with Crippen molar-refractivity contribution in [1.29, 1.82) is 0 Å². The van der Waals surface area contributed by atoms with E-state index in [-0.39, 0.29) is 12.5 Å². The number of aliphatic hydroxyl groups is 1. The van der Waals surface area contributed by atoms with Crippen molar-refractivity contribution in [1.82, 2.24) is 14.7 Å². The first-order valence-corrected chi connectivity index (χ1v) is 9.17. The lowest BCUT2D eigenvalue weighted by Gasteiger charge is -2.23. The predicted octanol–water partition coefficient (Wildman–Crippen LogP) is 3.44. The minimum absolute atomic E-state index is 0.122. The van der Waals surface area contributed by atoms with Gasteiger partial charge in [0, 0.05) is 12.7 Å². The lowest BCUT2D eigenvalue weighted by molar-refractivity contribution is 0.0635. The van der Waals surface area contributed by atoms with E-state index in [1.54, 1.807) is 22.0 Å². The van der Waals surface area contributed by atoms with E-state index in [1.807, 2.05) is 68.4 Å². The molecular formula is C22H25N3O2. The van der Waals surface area contributed by atoms with Crippen molar-refractivity contribution < 1.29 is 9.90 Å². The number of hydrogen-bond acceptors (Lipinski definition) is 3. The molecule has 0 saturated heterocycles. The molecule has 0 saturated carbocycles. The topological polar surface area (TPSA) is 58.4 Å². The zero-order valence-electron chi connectivity index (χ0n) is 15.7. The second-order valence-corrected chi connectivity index (χ2v) is 6.68. The van der Waals surface area contributed by atoms with Crippen molar-refractivity contribution in [3.05, 3.63) is 89.2 Å². The van der Waals surface area contributed by atoms with Crippen LogP contribution in [0.3, 0.4) is 0 Å². The quantitative estimate of drug-likeness (QED) is 0.700. The molecule has 1 N–H and O–H groups in total. The summed E-state index contributed by atoms with van der Waals surface area (Å²) < 4.78 is 1.76. The summed E-state index contributed by atoms with van der Waals surface area (Å²) in [6.07, 6.45) is 2.64. The number of carbonyl (C=O) groups excluding carboxylic acids is 1. The van der Waals surface area contributed by atoms with Crippen LogP contribution in [0.15, 0.2) is 67.0 Å². The van der Waals surface area contributed by atoms with E-state index >= 15 is 0 Å². The van der Waals surface area contributed by atoms with Gasteiger partial charge in [0.1, 0.15) is 0 Å². The minimum Gasteiger partial charge on any atom is -0.387 e. The van der Waals surface area contributed by atoms with E-state index in [4.69, 9.17) is 0 Å². The van der Waals surface area contributed by atoms with Crippen LogP contribution in [0.1, 0.15) is 40.1 Å². The standard InChI is InChI=1S/C22H25N3O2/c1-3-24(16-21(26)19-11-9-17(2)10-12-19)22(27)20-13-23-25(15-20)14-18-7-5-4-6-8-18/h4-13,15,21,26H,3,14,16H2,1-2H3. The summed E-state index contributed by atoms with van der Waals surface area (Å²) in [5.41, 5.74) is 3.61. The number of rotatable bonds is 7. The van der Waals surface area contributed by atoms with E-state index in [0.29, 0.717) is 18.7 Å². The molecule has 0 bridgehead atoms. The highest BCUT2D eigenvalue weighted by molar-refractivity contribution is 5.93. The number of nitrogens with zero attached hydrogens (tertiary/aromatic N) is 3. The van der Waals surface area contributed by atoms with Gasteiger partial charge in [-0.25, -0.2) is 0 Å². The lowest BCUT2D eigenvalue weighted by Crippen LogP contribution is -2.34. The molecular weight excluding hydrogens is 338 g/mol. The number of amides is 1. The first kappa shape index (κ1) is 18.9. The fraction of sp³-hybridized carbons (Fsp3) is 0.273. The van der Waals surface area contributed by atoms with Gasteiger partial charge in [-0.3, -0.25) is 9.48 Å². The van der Waals surface area contributed by atoms with Crippen molar-refractivity contribution in [2.45, 2.75) is 26.5 Å². The highest BCUT2D eigenvalue weighted by Gasteiger charge is 2.20. The summed E-state index contributed by atoms with van der Waals surface area (Å²) in [5.74, 6) is -0.122. The number of likely N-dealkylation sites (N-methyl/N-ethyl adjacent to an activating group) is 1. The molecule has 1 amide bonds. The Balaban J connectivity index is 1.66. The molecule has 1 aromatic heterocycles. The second kappa shape index (κ2) is 8.64. The Morgan fingerprint density at radius 2 is 1.85 bits per heavy atom. The first-order chi connectivity index (χ1) is 13.1. The normalized spacial score (nSPS) is 12.0. The van der Waals surface area contributed by atoms with Crippen molar-refractivity contribution in [2.24, 2.45) is 0 Å². The molecule has 0 fully saturated rings. The van der Waals surface area contributed by atoms with Crippen LogP contribution >= 0.6 is 0 Å². The Hall–Kier alpha value is -2.92. The average Bonchev–Trinajstić information content (AvgIpc) is 3.15. The number of aliphatic hydroxyl groups excluding tert-OH is 1. The lowest BCUT2D eigenvalue weighted by atomic mass is 10.1. The molecule has 3 rings (SSSR count). The highest BCUT2D eigenvalue weighted by Crippen LogP contribution is 2.16. The van der Waals surface area contributed by atoms with Crippen molar-refractivity contribution in [2.75, 3.05) is 13.1 Å². The van der Waals surface area contributed by atoms with E-state index in [9.17, 15) is 9.90 Å².